The van der Waals surface area contributed by atoms with E-state index in [2.05, 4.69) is 80.2 Å². The maximum absolute atomic E-state index is 11.3. The summed E-state index contributed by atoms with van der Waals surface area (Å²) in [6.07, 6.45) is 11.6. The van der Waals surface area contributed by atoms with Crippen molar-refractivity contribution < 1.29 is 18.4 Å². The fourth-order valence-electron chi connectivity index (χ4n) is 4.67. The van der Waals surface area contributed by atoms with E-state index in [4.69, 9.17) is 13.6 Å². The number of carbonyl (C=O) groups is 1. The Morgan fingerprint density at radius 3 is 1.83 bits per heavy atom. The van der Waals surface area contributed by atoms with E-state index in [1.807, 2.05) is 6.08 Å². The van der Waals surface area contributed by atoms with Crippen molar-refractivity contribution in [3.8, 4) is 0 Å². The van der Waals surface area contributed by atoms with Crippen molar-refractivity contribution >= 4 is 22.9 Å². The van der Waals surface area contributed by atoms with E-state index in [0.29, 0.717) is 6.42 Å². The van der Waals surface area contributed by atoms with E-state index in [1.54, 1.807) is 7.11 Å². The third-order valence-corrected chi connectivity index (χ3v) is 17.4. The molecule has 0 N–H and O–H groups in total. The van der Waals surface area contributed by atoms with Gasteiger partial charge in [0, 0.05) is 19.4 Å². The minimum atomic E-state index is -1.80. The Balaban J connectivity index is 5.52. The molecule has 0 saturated heterocycles. The van der Waals surface area contributed by atoms with Crippen molar-refractivity contribution in [2.75, 3.05) is 7.11 Å². The Bertz CT molecular complexity index is 622. The van der Waals surface area contributed by atoms with Gasteiger partial charge in [-0.2, -0.15) is 0 Å². The van der Waals surface area contributed by atoms with Crippen molar-refractivity contribution in [1.29, 1.82) is 0 Å². The number of hydrogen-bond acceptors (Lipinski definition) is 4. The van der Waals surface area contributed by atoms with Crippen LogP contribution in [0.2, 0.25) is 36.3 Å². The van der Waals surface area contributed by atoms with Gasteiger partial charge in [-0.15, -0.1) is 6.58 Å². The van der Waals surface area contributed by atoms with Crippen LogP contribution in [0.25, 0.3) is 0 Å². The highest BCUT2D eigenvalue weighted by Crippen LogP contribution is 2.28. The van der Waals surface area contributed by atoms with E-state index in [-0.39, 0.29) is 24.2 Å². The van der Waals surface area contributed by atoms with Gasteiger partial charge in [0.25, 0.3) is 0 Å². The molecule has 0 aromatic rings. The second-order valence-electron chi connectivity index (χ2n) is 9.88. The summed E-state index contributed by atoms with van der Waals surface area (Å²) in [4.78, 5) is 11.3. The molecule has 0 bridgehead atoms. The molecule has 4 nitrogen and oxygen atoms in total. The van der Waals surface area contributed by atoms with Crippen LogP contribution in [0.3, 0.4) is 0 Å². The summed E-state index contributed by atoms with van der Waals surface area (Å²) in [6, 6.07) is 6.70. The molecule has 4 atom stereocenters. The van der Waals surface area contributed by atoms with Gasteiger partial charge < -0.3 is 18.4 Å². The number of methoxy groups -OCH3 is 1. The minimum Gasteiger partial charge on any atom is -0.411 e. The van der Waals surface area contributed by atoms with Crippen molar-refractivity contribution in [2.24, 2.45) is 5.92 Å². The average molecular weight is 525 g/mol. The van der Waals surface area contributed by atoms with Crippen LogP contribution < -0.4 is 0 Å². The highest BCUT2D eigenvalue weighted by atomic mass is 28.4. The largest absolute Gasteiger partial charge is 0.411 e. The first kappa shape index (κ1) is 34.2. The molecule has 0 fully saturated rings. The monoisotopic (exact) mass is 524 g/mol. The lowest BCUT2D eigenvalue weighted by Gasteiger charge is -2.36. The highest BCUT2D eigenvalue weighted by molar-refractivity contribution is 6.74. The average Bonchev–Trinajstić information content (AvgIpc) is 2.89. The van der Waals surface area contributed by atoms with Crippen LogP contribution >= 0.6 is 0 Å². The molecular formula is C29H56O4Si2. The number of allylic oxidation sites excluding steroid dienone is 3. The third-order valence-electron chi connectivity index (χ3n) is 8.06. The molecule has 0 rings (SSSR count). The summed E-state index contributed by atoms with van der Waals surface area (Å²) >= 11 is 0. The van der Waals surface area contributed by atoms with Crippen molar-refractivity contribution in [3.05, 3.63) is 36.5 Å². The SMILES string of the molecule is C=C[C@@H](C)[C@H](/C=C/C(C)=C/CC[C@H](O[Si](CC)(CC)CC)[C@H](CC=O)OC)O[Si](CC)(CC)CC. The summed E-state index contributed by atoms with van der Waals surface area (Å²) in [7, 11) is -1.81. The normalized spacial score (nSPS) is 16.8. The van der Waals surface area contributed by atoms with Gasteiger partial charge in [-0.1, -0.05) is 78.3 Å². The predicted octanol–water partition coefficient (Wildman–Crippen LogP) is 8.48. The van der Waals surface area contributed by atoms with Crippen LogP contribution in [0.15, 0.2) is 36.5 Å². The van der Waals surface area contributed by atoms with E-state index >= 15 is 0 Å². The van der Waals surface area contributed by atoms with Gasteiger partial charge in [0.05, 0.1) is 18.3 Å². The van der Waals surface area contributed by atoms with Gasteiger partial charge in [-0.25, -0.2) is 0 Å². The molecule has 204 valence electrons. The van der Waals surface area contributed by atoms with Gasteiger partial charge in [0.15, 0.2) is 16.6 Å². The molecule has 0 aliphatic carbocycles. The van der Waals surface area contributed by atoms with Gasteiger partial charge in [0.1, 0.15) is 6.29 Å². The number of aldehydes is 1. The summed E-state index contributed by atoms with van der Waals surface area (Å²) < 4.78 is 19.3. The van der Waals surface area contributed by atoms with Gasteiger partial charge >= 0.3 is 0 Å². The molecule has 0 amide bonds. The van der Waals surface area contributed by atoms with Crippen LogP contribution in [-0.2, 0) is 18.4 Å². The Hall–Kier alpha value is -0.796. The maximum atomic E-state index is 11.3. The Labute approximate surface area is 219 Å². The zero-order valence-electron chi connectivity index (χ0n) is 24.4. The molecule has 0 heterocycles. The van der Waals surface area contributed by atoms with E-state index in [1.165, 1.54) is 5.57 Å². The maximum Gasteiger partial charge on any atom is 0.192 e. The smallest absolute Gasteiger partial charge is 0.192 e. The van der Waals surface area contributed by atoms with Crippen LogP contribution in [0.4, 0.5) is 0 Å². The van der Waals surface area contributed by atoms with Crippen LogP contribution in [0.1, 0.15) is 74.7 Å². The number of hydrogen-bond donors (Lipinski definition) is 0. The summed E-state index contributed by atoms with van der Waals surface area (Å²) in [6.45, 7) is 21.9. The van der Waals surface area contributed by atoms with Crippen LogP contribution in [0.5, 0.6) is 0 Å². The highest BCUT2D eigenvalue weighted by Gasteiger charge is 2.35. The summed E-state index contributed by atoms with van der Waals surface area (Å²) in [5, 5.41) is 0. The molecule has 0 spiro atoms. The van der Waals surface area contributed by atoms with Crippen molar-refractivity contribution in [3.63, 3.8) is 0 Å². The number of ether oxygens (including phenoxy) is 1. The Kier molecular flexibility index (Phi) is 18.0. The first-order valence-electron chi connectivity index (χ1n) is 14.0. The predicted molar refractivity (Wildman–Crippen MR) is 157 cm³/mol. The third kappa shape index (κ3) is 11.4. The van der Waals surface area contributed by atoms with E-state index < -0.39 is 16.6 Å². The first-order chi connectivity index (χ1) is 16.7. The second kappa shape index (κ2) is 18.4. The lowest BCUT2D eigenvalue weighted by Crippen LogP contribution is -2.44. The topological polar surface area (TPSA) is 44.8 Å². The Morgan fingerprint density at radius 1 is 0.886 bits per heavy atom. The van der Waals surface area contributed by atoms with E-state index in [0.717, 1.165) is 55.4 Å². The lowest BCUT2D eigenvalue weighted by atomic mass is 10.0. The minimum absolute atomic E-state index is 0.0492. The van der Waals surface area contributed by atoms with Crippen molar-refractivity contribution in [1.82, 2.24) is 0 Å². The van der Waals surface area contributed by atoms with Gasteiger partial charge in [0.2, 0.25) is 0 Å². The first-order valence-corrected chi connectivity index (χ1v) is 19.0. The van der Waals surface area contributed by atoms with Crippen LogP contribution in [0, 0.1) is 5.92 Å². The molecule has 0 radical (unpaired) electrons. The summed E-state index contributed by atoms with van der Waals surface area (Å²) in [5.41, 5.74) is 1.22. The van der Waals surface area contributed by atoms with Gasteiger partial charge in [-0.05, 0) is 56.0 Å². The molecule has 0 saturated carbocycles. The molecule has 6 heteroatoms. The molecule has 0 aromatic carbocycles. The second-order valence-corrected chi connectivity index (χ2v) is 19.3. The van der Waals surface area contributed by atoms with Gasteiger partial charge in [-0.3, -0.25) is 0 Å². The molecule has 35 heavy (non-hydrogen) atoms. The quantitative estimate of drug-likeness (QED) is 0.0653. The van der Waals surface area contributed by atoms with Crippen LogP contribution in [-0.4, -0.2) is 48.3 Å². The van der Waals surface area contributed by atoms with Crippen molar-refractivity contribution in [2.45, 2.75) is 129 Å². The number of carbonyl (C=O) groups excluding carboxylic acids is 1. The van der Waals surface area contributed by atoms with E-state index in [9.17, 15) is 4.79 Å². The molecular weight excluding hydrogens is 468 g/mol. The fourth-order valence-corrected chi connectivity index (χ4v) is 10.5. The molecule has 0 unspecified atom stereocenters. The lowest BCUT2D eigenvalue weighted by molar-refractivity contribution is -0.112. The fraction of sp³-hybridized carbons (Fsp3) is 0.759. The standard InChI is InChI=1S/C29H56O4Si2/c1-11-26(9)27(32-34(12-2,13-3)14-4)22-21-25(8)19-18-20-29(28(31-10)23-24-30)33-35(15-5,16-6)17-7/h11,19,21-22,24,26-29H,1,12-18,20,23H2,2-10H3/b22-21+,25-19+/t26-,27+,28+,29+/m1/s1. The Morgan fingerprint density at radius 2 is 1.40 bits per heavy atom. The number of rotatable bonds is 21. The zero-order valence-corrected chi connectivity index (χ0v) is 26.4. The zero-order chi connectivity index (χ0) is 26.9. The summed E-state index contributed by atoms with van der Waals surface area (Å²) in [5.74, 6) is 0.273. The molecule has 0 aromatic heterocycles. The molecule has 0 aliphatic rings. The molecule has 0 aliphatic heterocycles.